The summed E-state index contributed by atoms with van der Waals surface area (Å²) in [7, 11) is 3.53. The minimum atomic E-state index is 0.507. The van der Waals surface area contributed by atoms with Gasteiger partial charge in [0.2, 0.25) is 0 Å². The van der Waals surface area contributed by atoms with E-state index < -0.39 is 0 Å². The van der Waals surface area contributed by atoms with E-state index in [9.17, 15) is 0 Å². The fraction of sp³-hybridized carbons (Fsp3) is 0.138. The van der Waals surface area contributed by atoms with Crippen LogP contribution >= 0.6 is 23.4 Å². The van der Waals surface area contributed by atoms with Crippen molar-refractivity contribution in [1.29, 1.82) is 5.41 Å². The minimum Gasteiger partial charge on any atom is -0.298 e. The zero-order valence-corrected chi connectivity index (χ0v) is 22.5. The number of allylic oxidation sites excluding steroid dienone is 10. The van der Waals surface area contributed by atoms with Crippen LogP contribution in [0.15, 0.2) is 130 Å². The summed E-state index contributed by atoms with van der Waals surface area (Å²) >= 11 is 7.31. The van der Waals surface area contributed by atoms with Crippen LogP contribution in [0.2, 0.25) is 0 Å². The number of hydrogen-bond donors (Lipinski definition) is 2. The number of aryl methyl sites for hydroxylation is 1. The van der Waals surface area contributed by atoms with E-state index >= 15 is 0 Å². The molecule has 1 heterocycles. The molecule has 0 amide bonds. The van der Waals surface area contributed by atoms with Gasteiger partial charge in [-0.2, -0.15) is 0 Å². The molecule has 2 N–H and O–H groups in total. The molecular weight excluding hydrogens is 486 g/mol. The highest BCUT2D eigenvalue weighted by Crippen LogP contribution is 2.19. The average Bonchev–Trinajstić information content (AvgIpc) is 2.86. The van der Waals surface area contributed by atoms with Gasteiger partial charge < -0.3 is 0 Å². The molecule has 0 saturated heterocycles. The summed E-state index contributed by atoms with van der Waals surface area (Å²) in [6.45, 7) is 9.77. The Balaban J connectivity index is 2.10. The highest BCUT2D eigenvalue weighted by molar-refractivity contribution is 8.16. The molecule has 0 bridgehead atoms. The Kier molecular flexibility index (Phi) is 12.2. The molecule has 0 saturated carbocycles. The average molecular weight is 518 g/mol. The monoisotopic (exact) mass is 517 g/mol. The maximum atomic E-state index is 8.03. The lowest BCUT2D eigenvalue weighted by Gasteiger charge is -2.28. The molecule has 2 rings (SSSR count). The third-order valence-electron chi connectivity index (χ3n) is 4.84. The van der Waals surface area contributed by atoms with Crippen molar-refractivity contribution >= 4 is 40.3 Å². The summed E-state index contributed by atoms with van der Waals surface area (Å²) in [4.78, 5) is 8.81. The Labute approximate surface area is 223 Å². The van der Waals surface area contributed by atoms with Gasteiger partial charge >= 0.3 is 0 Å². The first-order valence-electron chi connectivity index (χ1n) is 11.2. The van der Waals surface area contributed by atoms with Gasteiger partial charge in [-0.15, -0.1) is 0 Å². The second-order valence-corrected chi connectivity index (χ2v) is 9.00. The topological polar surface area (TPSA) is 63.8 Å². The first-order valence-corrected chi connectivity index (χ1v) is 12.5. The minimum absolute atomic E-state index is 0.507. The van der Waals surface area contributed by atoms with E-state index in [0.29, 0.717) is 16.5 Å². The summed E-state index contributed by atoms with van der Waals surface area (Å²) in [6.07, 6.45) is 18.8. The highest BCUT2D eigenvalue weighted by atomic mass is 35.5. The zero-order chi connectivity index (χ0) is 26.3. The Morgan fingerprint density at radius 1 is 1.19 bits per heavy atom. The summed E-state index contributed by atoms with van der Waals surface area (Å²) in [6, 6.07) is 8.27. The van der Waals surface area contributed by atoms with E-state index in [1.54, 1.807) is 32.3 Å². The molecule has 1 aliphatic heterocycles. The molecule has 1 aromatic rings. The first-order chi connectivity index (χ1) is 17.4. The van der Waals surface area contributed by atoms with Crippen LogP contribution in [0.1, 0.15) is 17.5 Å². The van der Waals surface area contributed by atoms with Crippen LogP contribution in [0.25, 0.3) is 0 Å². The number of rotatable bonds is 10. The summed E-state index contributed by atoms with van der Waals surface area (Å²) in [5, 5.41) is 12.8. The number of hydrazine groups is 1. The standard InChI is InChI=1S/C29H32ClN5S/c1-6-10-25(30)11-9-12-28(31)36-20-8-7-19-35-23(3)15-18-27(34-35)26(21-32-4)29(33-5)24-16-13-22(2)14-17-24/h6-11,13-21,31,34H,1,3,12H2,2,4-5H3/b11-9-,19-7+,20-8+,25-10+,27-26?,31-28?,32-21?,33-29?. The van der Waals surface area contributed by atoms with Gasteiger partial charge in [-0.05, 0) is 42.7 Å². The fourth-order valence-electron chi connectivity index (χ4n) is 3.08. The van der Waals surface area contributed by atoms with Gasteiger partial charge in [-0.25, -0.2) is 0 Å². The largest absolute Gasteiger partial charge is 0.298 e. The molecule has 186 valence electrons. The Morgan fingerprint density at radius 2 is 1.94 bits per heavy atom. The summed E-state index contributed by atoms with van der Waals surface area (Å²) < 4.78 is 0. The van der Waals surface area contributed by atoms with Crippen molar-refractivity contribution in [3.8, 4) is 0 Å². The summed E-state index contributed by atoms with van der Waals surface area (Å²) in [5.74, 6) is 0. The van der Waals surface area contributed by atoms with Crippen LogP contribution in [0.3, 0.4) is 0 Å². The molecule has 0 unspecified atom stereocenters. The molecule has 1 aromatic carbocycles. The number of nitrogens with zero attached hydrogens (tertiary/aromatic N) is 3. The SMILES string of the molecule is C=C/C=C(Cl)\C=C/CC(=N)S/C=C/C=C/N1NC(=C(C=NC)C(=NC)c2ccc(C)cc2)C=CC1=C. The maximum absolute atomic E-state index is 8.03. The third kappa shape index (κ3) is 9.21. The van der Waals surface area contributed by atoms with Crippen molar-refractivity contribution < 1.29 is 0 Å². The molecule has 7 heteroatoms. The van der Waals surface area contributed by atoms with Gasteiger partial charge in [-0.3, -0.25) is 25.8 Å². The molecular formula is C29H32ClN5S. The van der Waals surface area contributed by atoms with Gasteiger partial charge in [0.15, 0.2) is 0 Å². The lowest BCUT2D eigenvalue weighted by molar-refractivity contribution is 0.389. The van der Waals surface area contributed by atoms with Gasteiger partial charge in [-0.1, -0.05) is 84.6 Å². The molecule has 0 atom stereocenters. The maximum Gasteiger partial charge on any atom is 0.0752 e. The van der Waals surface area contributed by atoms with Crippen molar-refractivity contribution in [2.24, 2.45) is 9.98 Å². The lowest BCUT2D eigenvalue weighted by atomic mass is 9.99. The van der Waals surface area contributed by atoms with Crippen LogP contribution in [0.5, 0.6) is 0 Å². The van der Waals surface area contributed by atoms with Crippen LogP contribution < -0.4 is 5.43 Å². The molecule has 5 nitrogen and oxygen atoms in total. The van der Waals surface area contributed by atoms with Crippen LogP contribution in [0, 0.1) is 12.3 Å². The van der Waals surface area contributed by atoms with Crippen LogP contribution in [0.4, 0.5) is 0 Å². The van der Waals surface area contributed by atoms with Gasteiger partial charge in [0.05, 0.1) is 22.1 Å². The van der Waals surface area contributed by atoms with Gasteiger partial charge in [0, 0.05) is 49.1 Å². The Morgan fingerprint density at radius 3 is 2.61 bits per heavy atom. The van der Waals surface area contributed by atoms with Crippen molar-refractivity contribution in [2.75, 3.05) is 14.1 Å². The van der Waals surface area contributed by atoms with Gasteiger partial charge in [0.1, 0.15) is 0 Å². The molecule has 0 fully saturated rings. The van der Waals surface area contributed by atoms with Crippen molar-refractivity contribution in [3.63, 3.8) is 0 Å². The first kappa shape index (κ1) is 28.6. The number of hydrogen-bond acceptors (Lipinski definition) is 6. The number of benzene rings is 1. The molecule has 36 heavy (non-hydrogen) atoms. The third-order valence-corrected chi connectivity index (χ3v) is 5.83. The van der Waals surface area contributed by atoms with E-state index in [2.05, 4.69) is 59.8 Å². The second kappa shape index (κ2) is 15.4. The van der Waals surface area contributed by atoms with Crippen LogP contribution in [-0.4, -0.2) is 36.1 Å². The van der Waals surface area contributed by atoms with E-state index in [-0.39, 0.29) is 0 Å². The van der Waals surface area contributed by atoms with Gasteiger partial charge in [0.25, 0.3) is 0 Å². The van der Waals surface area contributed by atoms with E-state index in [1.807, 2.05) is 53.2 Å². The van der Waals surface area contributed by atoms with Crippen molar-refractivity contribution in [3.05, 3.63) is 131 Å². The number of thioether (sulfide) groups is 1. The van der Waals surface area contributed by atoms with E-state index in [4.69, 9.17) is 17.0 Å². The smallest absolute Gasteiger partial charge is 0.0752 e. The number of halogens is 1. The predicted molar refractivity (Wildman–Crippen MR) is 160 cm³/mol. The molecule has 0 radical (unpaired) electrons. The highest BCUT2D eigenvalue weighted by Gasteiger charge is 2.17. The molecule has 1 aliphatic rings. The number of aliphatic imine (C=N–C) groups is 2. The Hall–Kier alpha value is -3.61. The number of nitrogens with one attached hydrogen (secondary N) is 2. The van der Waals surface area contributed by atoms with E-state index in [0.717, 1.165) is 28.2 Å². The van der Waals surface area contributed by atoms with Crippen molar-refractivity contribution in [1.82, 2.24) is 10.4 Å². The van der Waals surface area contributed by atoms with E-state index in [1.165, 1.54) is 17.3 Å². The van der Waals surface area contributed by atoms with Crippen molar-refractivity contribution in [2.45, 2.75) is 13.3 Å². The molecule has 0 spiro atoms. The lowest BCUT2D eigenvalue weighted by Crippen LogP contribution is -2.35. The quantitative estimate of drug-likeness (QED) is 0.195. The molecule has 0 aromatic heterocycles. The Bertz CT molecular complexity index is 1190. The zero-order valence-electron chi connectivity index (χ0n) is 20.9. The molecule has 0 aliphatic carbocycles. The second-order valence-electron chi connectivity index (χ2n) is 7.56. The fourth-order valence-corrected chi connectivity index (χ4v) is 3.79. The van der Waals surface area contributed by atoms with Crippen LogP contribution in [-0.2, 0) is 0 Å². The summed E-state index contributed by atoms with van der Waals surface area (Å²) in [5.41, 5.74) is 8.96. The normalized spacial score (nSPS) is 16.6. The predicted octanol–water partition coefficient (Wildman–Crippen LogP) is 7.25.